The molecule has 7 aromatic carbocycles. The van der Waals surface area contributed by atoms with Crippen LogP contribution in [0.4, 0.5) is 0 Å². The number of hydrogen-bond donors (Lipinski definition) is 0. The molecule has 0 radical (unpaired) electrons. The van der Waals surface area contributed by atoms with E-state index >= 15 is 4.57 Å². The lowest BCUT2D eigenvalue weighted by atomic mass is 10.2. The predicted molar refractivity (Wildman–Crippen MR) is 259 cm³/mol. The van der Waals surface area contributed by atoms with Gasteiger partial charge in [0.1, 0.15) is 35.6 Å². The number of hydrogen-bond acceptors (Lipinski definition) is 15. The van der Waals surface area contributed by atoms with Crippen molar-refractivity contribution in [2.75, 3.05) is 42.7 Å². The van der Waals surface area contributed by atoms with E-state index in [4.69, 9.17) is 55.6 Å². The number of methoxy groups -OCH3 is 6. The minimum atomic E-state index is -4.06. The fourth-order valence-corrected chi connectivity index (χ4v) is 11.7. The van der Waals surface area contributed by atoms with Crippen LogP contribution in [0.3, 0.4) is 0 Å². The molecule has 0 aliphatic heterocycles. The number of carbonyl (C=O) groups excluding carboxylic acids is 2. The van der Waals surface area contributed by atoms with Crippen molar-refractivity contribution in [3.63, 3.8) is 0 Å². The molecule has 0 saturated carbocycles. The Morgan fingerprint density at radius 3 is 1.06 bits per heavy atom. The van der Waals surface area contributed by atoms with Crippen LogP contribution in [0.2, 0.25) is 0 Å². The fraction of sp³-hybridized carbons (Fsp3) is 0.120. The molecular formula is C50H45O15P3. The lowest BCUT2D eigenvalue weighted by molar-refractivity contribution is 0.111. The summed E-state index contributed by atoms with van der Waals surface area (Å²) in [5, 5.41) is 0.928. The maximum Gasteiger partial charge on any atom is 0.530 e. The zero-order valence-corrected chi connectivity index (χ0v) is 40.2. The maximum atomic E-state index is 16.7. The lowest BCUT2D eigenvalue weighted by Gasteiger charge is -2.27. The van der Waals surface area contributed by atoms with E-state index in [0.717, 1.165) is 0 Å². The Labute approximate surface area is 395 Å². The molecule has 1 unspecified atom stereocenters. The highest BCUT2D eigenvalue weighted by Gasteiger charge is 2.38. The molecule has 7 aromatic rings. The van der Waals surface area contributed by atoms with Crippen LogP contribution >= 0.6 is 24.3 Å². The van der Waals surface area contributed by atoms with Gasteiger partial charge in [-0.3, -0.25) is 9.59 Å². The van der Waals surface area contributed by atoms with Gasteiger partial charge in [0, 0.05) is 28.6 Å². The number of rotatable bonds is 23. The second-order valence-electron chi connectivity index (χ2n) is 14.0. The Balaban J connectivity index is 1.35. The van der Waals surface area contributed by atoms with Gasteiger partial charge in [0.05, 0.1) is 53.3 Å². The Kier molecular flexibility index (Phi) is 16.3. The smallest absolute Gasteiger partial charge is 0.497 e. The van der Waals surface area contributed by atoms with Crippen molar-refractivity contribution < 1.29 is 69.7 Å². The van der Waals surface area contributed by atoms with Crippen molar-refractivity contribution in [2.45, 2.75) is 0 Å². The summed E-state index contributed by atoms with van der Waals surface area (Å²) >= 11 is 0. The monoisotopic (exact) mass is 978 g/mol. The second kappa shape index (κ2) is 22.8. The lowest BCUT2D eigenvalue weighted by Crippen LogP contribution is -2.27. The first-order chi connectivity index (χ1) is 33.2. The maximum absolute atomic E-state index is 16.7. The minimum Gasteiger partial charge on any atom is -0.497 e. The summed E-state index contributed by atoms with van der Waals surface area (Å²) in [6.45, 7) is 0. The highest BCUT2D eigenvalue weighted by Crippen LogP contribution is 2.54. The molecule has 68 heavy (non-hydrogen) atoms. The SMILES string of the molecule is COc1ccc(OP(Oc2ccc(OC)cc2OC)Oc2ccccc2P(=O)(c2ccccc2)c2ccccc2OP(Oc2ccc(C=O)cc2OC)Oc2ccc(C=O)cc2OC)c(OC)c1. The fourth-order valence-electron chi connectivity index (χ4n) is 6.59. The van der Waals surface area contributed by atoms with Gasteiger partial charge in [0.2, 0.25) is 0 Å². The highest BCUT2D eigenvalue weighted by atomic mass is 31.2. The van der Waals surface area contributed by atoms with Crippen LogP contribution in [0, 0.1) is 0 Å². The summed E-state index contributed by atoms with van der Waals surface area (Å²) in [6, 6.07) is 41.7. The molecule has 0 heterocycles. The van der Waals surface area contributed by atoms with E-state index in [0.29, 0.717) is 52.0 Å². The topological polar surface area (TPSA) is 162 Å². The molecule has 0 saturated heterocycles. The van der Waals surface area contributed by atoms with Gasteiger partial charge in [-0.1, -0.05) is 54.6 Å². The van der Waals surface area contributed by atoms with Gasteiger partial charge in [-0.05, 0) is 84.9 Å². The molecule has 15 nitrogen and oxygen atoms in total. The average molecular weight is 979 g/mol. The van der Waals surface area contributed by atoms with E-state index < -0.39 is 24.3 Å². The molecule has 1 atom stereocenters. The summed E-state index contributed by atoms with van der Waals surface area (Å²) < 4.78 is 89.2. The Hall–Kier alpha value is -7.43. The first kappa shape index (κ1) is 48.5. The van der Waals surface area contributed by atoms with Gasteiger partial charge in [-0.15, -0.1) is 0 Å². The van der Waals surface area contributed by atoms with Crippen molar-refractivity contribution in [3.8, 4) is 69.0 Å². The van der Waals surface area contributed by atoms with Crippen LogP contribution < -0.4 is 71.5 Å². The molecular weight excluding hydrogens is 933 g/mol. The van der Waals surface area contributed by atoms with Crippen LogP contribution in [-0.2, 0) is 4.57 Å². The van der Waals surface area contributed by atoms with Crippen molar-refractivity contribution in [1.29, 1.82) is 0 Å². The van der Waals surface area contributed by atoms with Crippen LogP contribution in [-0.4, -0.2) is 55.2 Å². The molecule has 0 N–H and O–H groups in total. The summed E-state index contributed by atoms with van der Waals surface area (Å²) in [4.78, 5) is 23.3. The molecule has 0 fully saturated rings. The average Bonchev–Trinajstić information content (AvgIpc) is 3.39. The molecule has 350 valence electrons. The van der Waals surface area contributed by atoms with Crippen molar-refractivity contribution in [2.24, 2.45) is 0 Å². The Bertz CT molecular complexity index is 2780. The van der Waals surface area contributed by atoms with E-state index in [1.807, 2.05) is 6.07 Å². The van der Waals surface area contributed by atoms with Crippen molar-refractivity contribution >= 4 is 52.8 Å². The third kappa shape index (κ3) is 11.0. The summed E-state index contributed by atoms with van der Waals surface area (Å²) in [5.41, 5.74) is 0.680. The quantitative estimate of drug-likeness (QED) is 0.0439. The van der Waals surface area contributed by atoms with Crippen molar-refractivity contribution in [1.82, 2.24) is 0 Å². The third-order valence-electron chi connectivity index (χ3n) is 9.96. The summed E-state index contributed by atoms with van der Waals surface area (Å²) in [5.74, 6) is 3.27. The molecule has 18 heteroatoms. The van der Waals surface area contributed by atoms with E-state index in [9.17, 15) is 9.59 Å². The zero-order valence-electron chi connectivity index (χ0n) is 37.6. The van der Waals surface area contributed by atoms with Crippen LogP contribution in [0.1, 0.15) is 20.7 Å². The van der Waals surface area contributed by atoms with E-state index in [-0.39, 0.29) is 56.6 Å². The van der Waals surface area contributed by atoms with Crippen molar-refractivity contribution in [3.05, 3.63) is 163 Å². The zero-order chi connectivity index (χ0) is 48.0. The van der Waals surface area contributed by atoms with E-state index in [2.05, 4.69) is 0 Å². The second-order valence-corrected chi connectivity index (χ2v) is 18.7. The van der Waals surface area contributed by atoms with Crippen LogP contribution in [0.25, 0.3) is 0 Å². The number of aldehydes is 2. The van der Waals surface area contributed by atoms with Gasteiger partial charge in [-0.25, -0.2) is 0 Å². The van der Waals surface area contributed by atoms with Gasteiger partial charge in [0.25, 0.3) is 0 Å². The molecule has 7 rings (SSSR count). The summed E-state index contributed by atoms with van der Waals surface area (Å²) in [7, 11) is -0.135. The predicted octanol–water partition coefficient (Wildman–Crippen LogP) is 10.5. The summed E-state index contributed by atoms with van der Waals surface area (Å²) in [6.07, 6.45) is 1.35. The Morgan fingerprint density at radius 1 is 0.353 bits per heavy atom. The third-order valence-corrected chi connectivity index (χ3v) is 15.2. The largest absolute Gasteiger partial charge is 0.530 e. The minimum absolute atomic E-state index is 0.119. The molecule has 0 amide bonds. The number of carbonyl (C=O) groups is 2. The number of para-hydroxylation sites is 2. The van der Waals surface area contributed by atoms with Gasteiger partial charge >= 0.3 is 17.2 Å². The molecule has 0 aliphatic carbocycles. The normalized spacial score (nSPS) is 11.6. The molecule has 0 aliphatic rings. The number of benzene rings is 7. The first-order valence-corrected chi connectivity index (χ1v) is 24.3. The highest BCUT2D eigenvalue weighted by molar-refractivity contribution is 7.85. The van der Waals surface area contributed by atoms with Crippen LogP contribution in [0.15, 0.2) is 152 Å². The van der Waals surface area contributed by atoms with Gasteiger partial charge < -0.3 is 60.1 Å². The van der Waals surface area contributed by atoms with Gasteiger partial charge in [-0.2, -0.15) is 0 Å². The number of ether oxygens (including phenoxy) is 6. The van der Waals surface area contributed by atoms with E-state index in [1.54, 1.807) is 121 Å². The first-order valence-electron chi connectivity index (χ1n) is 20.4. The Morgan fingerprint density at radius 2 is 0.691 bits per heavy atom. The molecule has 0 aromatic heterocycles. The molecule has 0 spiro atoms. The van der Waals surface area contributed by atoms with E-state index in [1.165, 1.54) is 66.9 Å². The standard InChI is InChI=1S/C50H45O15P3/c1-54-36-22-26-41(47(30-36)58-5)62-67(63-42-27-23-37(55-2)31-48(42)59-6)65-44-17-11-13-19-50(44)68(53,38-14-8-7-9-15-38)49-18-12-10-16-43(49)64-66(60-39-24-20-34(32-51)28-45(39)56-3)61-40-25-21-35(33-52)29-46(40)57-4/h7-33H,1-6H3. The molecule has 0 bridgehead atoms. The van der Waals surface area contributed by atoms with Gasteiger partial charge in [0.15, 0.2) is 53.1 Å². The van der Waals surface area contributed by atoms with Crippen LogP contribution in [0.5, 0.6) is 69.0 Å².